The summed E-state index contributed by atoms with van der Waals surface area (Å²) in [6.45, 7) is 3.43. The Labute approximate surface area is 68.1 Å². The van der Waals surface area contributed by atoms with Crippen molar-refractivity contribution in [1.82, 2.24) is 0 Å². The van der Waals surface area contributed by atoms with Crippen LogP contribution in [0.2, 0.25) is 0 Å². The summed E-state index contributed by atoms with van der Waals surface area (Å²) in [6, 6.07) is 0. The van der Waals surface area contributed by atoms with Gasteiger partial charge in [0.2, 0.25) is 0 Å². The number of rotatable bonds is 3. The molecule has 52 valence electrons. The zero-order valence-electron chi connectivity index (χ0n) is 5.83. The standard InChI is InChI=1S/C4H11O3P.Zn/c1-3-4-7-8(2,5)6;/h3-4H2,1-2H3,(H,5,6);. The van der Waals surface area contributed by atoms with E-state index in [2.05, 4.69) is 4.52 Å². The van der Waals surface area contributed by atoms with E-state index in [4.69, 9.17) is 4.89 Å². The molecule has 0 rings (SSSR count). The monoisotopic (exact) mass is 202 g/mol. The van der Waals surface area contributed by atoms with Gasteiger partial charge in [0.1, 0.15) is 0 Å². The molecule has 3 nitrogen and oxygen atoms in total. The molecule has 0 amide bonds. The van der Waals surface area contributed by atoms with Gasteiger partial charge >= 0.3 is 7.60 Å². The van der Waals surface area contributed by atoms with Gasteiger partial charge in [0.25, 0.3) is 0 Å². The van der Waals surface area contributed by atoms with E-state index >= 15 is 0 Å². The summed E-state index contributed by atoms with van der Waals surface area (Å²) < 4.78 is 14.8. The minimum Gasteiger partial charge on any atom is -0.324 e. The first-order valence-corrected chi connectivity index (χ1v) is 4.53. The quantitative estimate of drug-likeness (QED) is 0.554. The molecule has 0 radical (unpaired) electrons. The maximum Gasteiger partial charge on any atom is 0.325 e. The van der Waals surface area contributed by atoms with Crippen LogP contribution in [0.15, 0.2) is 0 Å². The van der Waals surface area contributed by atoms with E-state index in [9.17, 15) is 4.57 Å². The van der Waals surface area contributed by atoms with Crippen LogP contribution in [-0.2, 0) is 28.6 Å². The molecule has 0 aromatic heterocycles. The Kier molecular flexibility index (Phi) is 7.68. The summed E-state index contributed by atoms with van der Waals surface area (Å²) in [4.78, 5) is 8.48. The summed E-state index contributed by atoms with van der Waals surface area (Å²) in [6.07, 6.45) is 0.776. The SMILES string of the molecule is CCCOP(C)(=O)O.[Zn]. The van der Waals surface area contributed by atoms with Crippen LogP contribution in [0.5, 0.6) is 0 Å². The van der Waals surface area contributed by atoms with Crippen molar-refractivity contribution in [3.63, 3.8) is 0 Å². The van der Waals surface area contributed by atoms with Crippen LogP contribution in [-0.4, -0.2) is 18.2 Å². The predicted octanol–water partition coefficient (Wildman–Crippen LogP) is 1.23. The zero-order valence-corrected chi connectivity index (χ0v) is 9.69. The third-order valence-corrected chi connectivity index (χ3v) is 1.20. The second kappa shape index (κ2) is 5.55. The van der Waals surface area contributed by atoms with Gasteiger partial charge < -0.3 is 9.42 Å². The molecule has 0 aliphatic carbocycles. The van der Waals surface area contributed by atoms with E-state index in [1.807, 2.05) is 6.92 Å². The van der Waals surface area contributed by atoms with Crippen molar-refractivity contribution < 1.29 is 33.5 Å². The molecule has 0 fully saturated rings. The molecule has 1 unspecified atom stereocenters. The fourth-order valence-corrected chi connectivity index (χ4v) is 0.782. The fraction of sp³-hybridized carbons (Fsp3) is 1.00. The van der Waals surface area contributed by atoms with Gasteiger partial charge in [0, 0.05) is 26.1 Å². The Morgan fingerprint density at radius 1 is 1.67 bits per heavy atom. The first kappa shape index (κ1) is 12.4. The van der Waals surface area contributed by atoms with Crippen molar-refractivity contribution >= 4 is 7.60 Å². The van der Waals surface area contributed by atoms with Crippen LogP contribution in [0.4, 0.5) is 0 Å². The van der Waals surface area contributed by atoms with Crippen LogP contribution in [0.1, 0.15) is 13.3 Å². The third kappa shape index (κ3) is 12.1. The van der Waals surface area contributed by atoms with Gasteiger partial charge in [-0.15, -0.1) is 0 Å². The first-order valence-electron chi connectivity index (χ1n) is 2.51. The van der Waals surface area contributed by atoms with E-state index in [0.717, 1.165) is 6.42 Å². The molecule has 0 spiro atoms. The maximum atomic E-state index is 10.3. The summed E-state index contributed by atoms with van der Waals surface area (Å²) in [5.74, 6) is 0. The van der Waals surface area contributed by atoms with Crippen molar-refractivity contribution in [2.45, 2.75) is 13.3 Å². The topological polar surface area (TPSA) is 46.5 Å². The van der Waals surface area contributed by atoms with E-state index < -0.39 is 7.60 Å². The van der Waals surface area contributed by atoms with Crippen molar-refractivity contribution in [2.75, 3.05) is 13.3 Å². The normalized spacial score (nSPS) is 15.9. The zero-order chi connectivity index (χ0) is 6.62. The molecule has 0 aromatic carbocycles. The van der Waals surface area contributed by atoms with Gasteiger partial charge in [-0.25, -0.2) is 0 Å². The first-order chi connectivity index (χ1) is 3.56. The predicted molar refractivity (Wildman–Crippen MR) is 32.0 cm³/mol. The van der Waals surface area contributed by atoms with E-state index in [0.29, 0.717) is 6.61 Å². The van der Waals surface area contributed by atoms with E-state index in [1.54, 1.807) is 0 Å². The smallest absolute Gasteiger partial charge is 0.324 e. The minimum absolute atomic E-state index is 0. The van der Waals surface area contributed by atoms with Gasteiger partial charge in [-0.05, 0) is 6.42 Å². The molecule has 5 heteroatoms. The Balaban J connectivity index is 0. The van der Waals surface area contributed by atoms with Gasteiger partial charge in [-0.2, -0.15) is 0 Å². The second-order valence-corrected chi connectivity index (χ2v) is 3.50. The van der Waals surface area contributed by atoms with Crippen LogP contribution >= 0.6 is 7.60 Å². The Morgan fingerprint density at radius 2 is 2.11 bits per heavy atom. The molecule has 0 aliphatic rings. The fourth-order valence-electron chi connectivity index (χ4n) is 0.261. The molecule has 0 bridgehead atoms. The molecule has 0 aliphatic heterocycles. The van der Waals surface area contributed by atoms with Crippen molar-refractivity contribution in [1.29, 1.82) is 0 Å². The Morgan fingerprint density at radius 3 is 2.22 bits per heavy atom. The molecule has 0 heterocycles. The minimum atomic E-state index is -3.18. The third-order valence-electron chi connectivity index (χ3n) is 0.535. The number of hydrogen-bond donors (Lipinski definition) is 1. The van der Waals surface area contributed by atoms with Crippen molar-refractivity contribution in [3.05, 3.63) is 0 Å². The van der Waals surface area contributed by atoms with Crippen LogP contribution < -0.4 is 0 Å². The summed E-state index contributed by atoms with van der Waals surface area (Å²) >= 11 is 0. The molecule has 9 heavy (non-hydrogen) atoms. The summed E-state index contributed by atoms with van der Waals surface area (Å²) in [5.41, 5.74) is 0. The molecule has 1 N–H and O–H groups in total. The molecule has 0 aromatic rings. The average molecular weight is 203 g/mol. The van der Waals surface area contributed by atoms with Crippen LogP contribution in [0, 0.1) is 0 Å². The van der Waals surface area contributed by atoms with Gasteiger partial charge in [-0.3, -0.25) is 4.57 Å². The van der Waals surface area contributed by atoms with Crippen LogP contribution in [0.3, 0.4) is 0 Å². The average Bonchev–Trinajstić information content (AvgIpc) is 1.59. The molecule has 0 saturated carbocycles. The Hall–Kier alpha value is 0.773. The van der Waals surface area contributed by atoms with Crippen molar-refractivity contribution in [2.24, 2.45) is 0 Å². The van der Waals surface area contributed by atoms with Crippen LogP contribution in [0.25, 0.3) is 0 Å². The molecule has 0 saturated heterocycles. The van der Waals surface area contributed by atoms with E-state index in [-0.39, 0.29) is 19.5 Å². The second-order valence-electron chi connectivity index (χ2n) is 1.64. The number of hydrogen-bond acceptors (Lipinski definition) is 2. The molecular formula is C4H11O3PZn. The van der Waals surface area contributed by atoms with Crippen molar-refractivity contribution in [3.8, 4) is 0 Å². The van der Waals surface area contributed by atoms with Gasteiger partial charge in [0.05, 0.1) is 6.61 Å². The largest absolute Gasteiger partial charge is 0.325 e. The molecule has 1 atom stereocenters. The molecular weight excluding hydrogens is 192 g/mol. The summed E-state index contributed by atoms with van der Waals surface area (Å²) in [7, 11) is -3.18. The van der Waals surface area contributed by atoms with Gasteiger partial charge in [-0.1, -0.05) is 6.92 Å². The summed E-state index contributed by atoms with van der Waals surface area (Å²) in [5, 5.41) is 0. The Bertz CT molecular complexity index is 100.0. The maximum absolute atomic E-state index is 10.3. The van der Waals surface area contributed by atoms with Gasteiger partial charge in [0.15, 0.2) is 0 Å². The van der Waals surface area contributed by atoms with E-state index in [1.165, 1.54) is 6.66 Å².